The van der Waals surface area contributed by atoms with Crippen LogP contribution in [0.4, 0.5) is 17.1 Å². The van der Waals surface area contributed by atoms with Crippen LogP contribution in [0.25, 0.3) is 0 Å². The number of benzene rings is 3. The van der Waals surface area contributed by atoms with Gasteiger partial charge in [0.15, 0.2) is 6.61 Å². The number of nitrogens with one attached hydrogen (secondary N) is 1. The zero-order chi connectivity index (χ0) is 23.8. The minimum atomic E-state index is -0.512. The summed E-state index contributed by atoms with van der Waals surface area (Å²) in [5, 5.41) is 33.0. The average Bonchev–Trinajstić information content (AvgIpc) is 2.79. The number of hydrazone groups is 1. The first-order valence-corrected chi connectivity index (χ1v) is 10.4. The molecule has 3 aromatic rings. The molecule has 0 aliphatic heterocycles. The molecule has 0 radical (unpaired) electrons. The van der Waals surface area contributed by atoms with Gasteiger partial charge in [-0.2, -0.15) is 15.3 Å². The Morgan fingerprint density at radius 3 is 2.52 bits per heavy atom. The van der Waals surface area contributed by atoms with Crippen LogP contribution in [0, 0.1) is 10.1 Å². The van der Waals surface area contributed by atoms with Gasteiger partial charge < -0.3 is 9.84 Å². The number of phenols is 1. The van der Waals surface area contributed by atoms with Crippen LogP contribution in [0.5, 0.6) is 11.5 Å². The molecule has 0 saturated carbocycles. The van der Waals surface area contributed by atoms with E-state index < -0.39 is 10.8 Å². The van der Waals surface area contributed by atoms with Crippen molar-refractivity contribution in [3.05, 3.63) is 85.8 Å². The molecule has 0 heterocycles. The third kappa shape index (κ3) is 7.09. The number of nitro groups is 1. The Hall–Kier alpha value is -3.83. The van der Waals surface area contributed by atoms with Gasteiger partial charge in [0.25, 0.3) is 11.6 Å². The van der Waals surface area contributed by atoms with E-state index in [0.29, 0.717) is 26.6 Å². The molecule has 168 valence electrons. The summed E-state index contributed by atoms with van der Waals surface area (Å²) < 4.78 is 6.00. The Morgan fingerprint density at radius 2 is 1.82 bits per heavy atom. The Balaban J connectivity index is 1.58. The van der Waals surface area contributed by atoms with Crippen LogP contribution in [0.3, 0.4) is 0 Å². The molecular formula is C21H15BrClN5O5. The lowest BCUT2D eigenvalue weighted by molar-refractivity contribution is -0.384. The minimum absolute atomic E-state index is 0.0506. The predicted molar refractivity (Wildman–Crippen MR) is 126 cm³/mol. The first-order chi connectivity index (χ1) is 15.8. The van der Waals surface area contributed by atoms with Crippen molar-refractivity contribution >= 4 is 56.7 Å². The maximum absolute atomic E-state index is 11.9. The van der Waals surface area contributed by atoms with Crippen molar-refractivity contribution in [1.82, 2.24) is 5.43 Å². The molecule has 2 N–H and O–H groups in total. The minimum Gasteiger partial charge on any atom is -0.507 e. The topological polar surface area (TPSA) is 139 Å². The van der Waals surface area contributed by atoms with E-state index in [9.17, 15) is 20.0 Å². The van der Waals surface area contributed by atoms with E-state index in [1.165, 1.54) is 48.7 Å². The Labute approximate surface area is 200 Å². The Bertz CT molecular complexity index is 1230. The summed E-state index contributed by atoms with van der Waals surface area (Å²) >= 11 is 9.15. The number of azo groups is 1. The summed E-state index contributed by atoms with van der Waals surface area (Å²) in [6.07, 6.45) is 1.25. The smallest absolute Gasteiger partial charge is 0.277 e. The van der Waals surface area contributed by atoms with E-state index >= 15 is 0 Å². The number of aromatic hydroxyl groups is 1. The highest BCUT2D eigenvalue weighted by Crippen LogP contribution is 2.28. The number of hydrogen-bond donors (Lipinski definition) is 2. The molecule has 0 unspecified atom stereocenters. The molecule has 0 aromatic heterocycles. The number of halogens is 2. The molecule has 12 heteroatoms. The highest BCUT2D eigenvalue weighted by atomic mass is 79.9. The van der Waals surface area contributed by atoms with Crippen LogP contribution in [0.2, 0.25) is 5.02 Å². The van der Waals surface area contributed by atoms with E-state index in [2.05, 4.69) is 36.7 Å². The van der Waals surface area contributed by atoms with E-state index in [1.807, 2.05) is 0 Å². The number of nitrogens with zero attached hydrogens (tertiary/aromatic N) is 4. The van der Waals surface area contributed by atoms with E-state index in [1.54, 1.807) is 18.2 Å². The van der Waals surface area contributed by atoms with E-state index in [-0.39, 0.29) is 23.6 Å². The Kier molecular flexibility index (Phi) is 8.06. The Morgan fingerprint density at radius 1 is 1.12 bits per heavy atom. The predicted octanol–water partition coefficient (Wildman–Crippen LogP) is 5.66. The molecule has 0 aliphatic carbocycles. The van der Waals surface area contributed by atoms with Crippen molar-refractivity contribution in [3.63, 3.8) is 0 Å². The molecule has 3 aromatic carbocycles. The summed E-state index contributed by atoms with van der Waals surface area (Å²) in [4.78, 5) is 22.1. The largest absolute Gasteiger partial charge is 0.507 e. The van der Waals surface area contributed by atoms with Gasteiger partial charge in [0.05, 0.1) is 27.0 Å². The molecule has 33 heavy (non-hydrogen) atoms. The van der Waals surface area contributed by atoms with Crippen LogP contribution in [0.15, 0.2) is 80.5 Å². The SMILES string of the molecule is O=C(COc1ccc(Cl)cc1Br)N/N=C\c1cc(N=Nc2ccc([N+](=O)[O-])cc2)ccc1O. The van der Waals surface area contributed by atoms with Gasteiger partial charge in [-0.05, 0) is 64.5 Å². The van der Waals surface area contributed by atoms with Crippen molar-refractivity contribution in [1.29, 1.82) is 0 Å². The molecule has 0 fully saturated rings. The number of amides is 1. The first-order valence-electron chi connectivity index (χ1n) is 9.21. The van der Waals surface area contributed by atoms with Gasteiger partial charge in [0.2, 0.25) is 0 Å². The summed E-state index contributed by atoms with van der Waals surface area (Å²) in [7, 11) is 0. The molecule has 1 amide bonds. The normalized spacial score (nSPS) is 11.1. The summed E-state index contributed by atoms with van der Waals surface area (Å²) in [6.45, 7) is -0.285. The molecule has 3 rings (SSSR count). The molecule has 0 bridgehead atoms. The van der Waals surface area contributed by atoms with Crippen molar-refractivity contribution in [2.75, 3.05) is 6.61 Å². The molecule has 0 saturated heterocycles. The van der Waals surface area contributed by atoms with Gasteiger partial charge in [-0.25, -0.2) is 5.43 Å². The molecular weight excluding hydrogens is 518 g/mol. The van der Waals surface area contributed by atoms with Gasteiger partial charge in [-0.3, -0.25) is 14.9 Å². The van der Waals surface area contributed by atoms with Crippen LogP contribution < -0.4 is 10.2 Å². The number of non-ortho nitro benzene ring substituents is 1. The lowest BCUT2D eigenvalue weighted by atomic mass is 10.2. The molecule has 0 aliphatic rings. The first kappa shape index (κ1) is 23.8. The van der Waals surface area contributed by atoms with Crippen LogP contribution in [0.1, 0.15) is 5.56 Å². The molecule has 0 spiro atoms. The number of ether oxygens (including phenoxy) is 1. The number of nitro benzene ring substituents is 1. The summed E-state index contributed by atoms with van der Waals surface area (Å²) in [6, 6.07) is 14.9. The summed E-state index contributed by atoms with van der Waals surface area (Å²) in [5.74, 6) is -0.146. The number of carbonyl (C=O) groups excluding carboxylic acids is 1. The second-order valence-corrected chi connectivity index (χ2v) is 7.66. The van der Waals surface area contributed by atoms with Crippen molar-refractivity contribution in [3.8, 4) is 11.5 Å². The summed E-state index contributed by atoms with van der Waals surface area (Å²) in [5.41, 5.74) is 3.35. The maximum Gasteiger partial charge on any atom is 0.277 e. The van der Waals surface area contributed by atoms with Gasteiger partial charge >= 0.3 is 0 Å². The lowest BCUT2D eigenvalue weighted by Gasteiger charge is -2.07. The fraction of sp³-hybridized carbons (Fsp3) is 0.0476. The van der Waals surface area contributed by atoms with Gasteiger partial charge in [-0.15, -0.1) is 0 Å². The number of rotatable bonds is 8. The van der Waals surface area contributed by atoms with Gasteiger partial charge in [0.1, 0.15) is 11.5 Å². The van der Waals surface area contributed by atoms with Crippen LogP contribution >= 0.6 is 27.5 Å². The maximum atomic E-state index is 11.9. The lowest BCUT2D eigenvalue weighted by Crippen LogP contribution is -2.24. The monoisotopic (exact) mass is 531 g/mol. The van der Waals surface area contributed by atoms with Crippen LogP contribution in [-0.4, -0.2) is 28.8 Å². The van der Waals surface area contributed by atoms with E-state index in [4.69, 9.17) is 16.3 Å². The fourth-order valence-electron chi connectivity index (χ4n) is 2.41. The quantitative estimate of drug-likeness (QED) is 0.167. The number of hydrogen-bond acceptors (Lipinski definition) is 8. The highest BCUT2D eigenvalue weighted by Gasteiger charge is 2.07. The average molecular weight is 533 g/mol. The number of phenolic OH excluding ortho intramolecular Hbond substituents is 1. The fourth-order valence-corrected chi connectivity index (χ4v) is 3.20. The second kappa shape index (κ2) is 11.2. The van der Waals surface area contributed by atoms with Crippen molar-refractivity contribution in [2.45, 2.75) is 0 Å². The molecule has 0 atom stereocenters. The zero-order valence-electron chi connectivity index (χ0n) is 16.7. The zero-order valence-corrected chi connectivity index (χ0v) is 19.0. The van der Waals surface area contributed by atoms with Crippen molar-refractivity contribution < 1.29 is 19.6 Å². The van der Waals surface area contributed by atoms with E-state index in [0.717, 1.165) is 0 Å². The molecule has 10 nitrogen and oxygen atoms in total. The standard InChI is InChI=1S/C21H15BrClN5O5/c22-18-10-14(23)1-8-20(18)33-12-21(30)27-24-11-13-9-16(4-7-19(13)29)26-25-15-2-5-17(6-3-15)28(31)32/h1-11,29H,12H2,(H,27,30)/b24-11-,26-25?. The van der Waals surface area contributed by atoms with Crippen molar-refractivity contribution in [2.24, 2.45) is 15.3 Å². The third-order valence-electron chi connectivity index (χ3n) is 4.00. The third-order valence-corrected chi connectivity index (χ3v) is 4.85. The highest BCUT2D eigenvalue weighted by molar-refractivity contribution is 9.10. The number of carbonyl (C=O) groups is 1. The van der Waals surface area contributed by atoms with Crippen LogP contribution in [-0.2, 0) is 4.79 Å². The van der Waals surface area contributed by atoms with Gasteiger partial charge in [0, 0.05) is 22.7 Å². The second-order valence-electron chi connectivity index (χ2n) is 6.37. The van der Waals surface area contributed by atoms with Gasteiger partial charge in [-0.1, -0.05) is 11.6 Å².